The molecule has 15 heavy (non-hydrogen) atoms. The van der Waals surface area contributed by atoms with Gasteiger partial charge in [0.15, 0.2) is 6.29 Å². The van der Waals surface area contributed by atoms with E-state index in [0.717, 1.165) is 13.0 Å². The van der Waals surface area contributed by atoms with E-state index < -0.39 is 0 Å². The molecule has 0 aromatic carbocycles. The van der Waals surface area contributed by atoms with Crippen LogP contribution in [0.1, 0.15) is 20.3 Å². The highest BCUT2D eigenvalue weighted by Crippen LogP contribution is 2.12. The van der Waals surface area contributed by atoms with Gasteiger partial charge in [0.2, 0.25) is 0 Å². The number of hydrogen-bond acceptors (Lipinski definition) is 4. The molecule has 0 aliphatic rings. The van der Waals surface area contributed by atoms with Gasteiger partial charge in [0.05, 0.1) is 0 Å². The fraction of sp³-hybridized carbons (Fsp3) is 0.636. The largest absolute Gasteiger partial charge is 0.384 e. The molecule has 0 saturated carbocycles. The third-order valence-electron chi connectivity index (χ3n) is 1.94. The molecule has 0 aliphatic heterocycles. The summed E-state index contributed by atoms with van der Waals surface area (Å²) >= 11 is 1.69. The molecular weight excluding hydrogens is 210 g/mol. The molecule has 86 valence electrons. The summed E-state index contributed by atoms with van der Waals surface area (Å²) in [5.41, 5.74) is 1.17. The van der Waals surface area contributed by atoms with Gasteiger partial charge in [-0.1, -0.05) is 0 Å². The molecule has 1 heterocycles. The van der Waals surface area contributed by atoms with Gasteiger partial charge < -0.3 is 14.8 Å². The van der Waals surface area contributed by atoms with Crippen molar-refractivity contribution in [1.82, 2.24) is 0 Å². The topological polar surface area (TPSA) is 30.5 Å². The lowest BCUT2D eigenvalue weighted by Crippen LogP contribution is -2.20. The zero-order valence-corrected chi connectivity index (χ0v) is 10.2. The van der Waals surface area contributed by atoms with Gasteiger partial charge in [-0.15, -0.1) is 0 Å². The first-order valence-electron chi connectivity index (χ1n) is 5.36. The van der Waals surface area contributed by atoms with Crippen LogP contribution in [-0.2, 0) is 9.47 Å². The summed E-state index contributed by atoms with van der Waals surface area (Å²) in [6.07, 6.45) is 0.795. The maximum atomic E-state index is 5.44. The molecule has 0 spiro atoms. The summed E-state index contributed by atoms with van der Waals surface area (Å²) in [6, 6.07) is 2.07. The van der Waals surface area contributed by atoms with Crippen LogP contribution in [0.25, 0.3) is 0 Å². The Labute approximate surface area is 95.4 Å². The SMILES string of the molecule is CCOC(CCNc1ccsc1)OCC. The van der Waals surface area contributed by atoms with E-state index in [0.29, 0.717) is 13.2 Å². The van der Waals surface area contributed by atoms with Crippen LogP contribution in [0.2, 0.25) is 0 Å². The van der Waals surface area contributed by atoms with Crippen LogP contribution >= 0.6 is 11.3 Å². The van der Waals surface area contributed by atoms with E-state index in [1.807, 2.05) is 13.8 Å². The number of nitrogens with one attached hydrogen (secondary N) is 1. The van der Waals surface area contributed by atoms with Gasteiger partial charge in [-0.3, -0.25) is 0 Å². The minimum atomic E-state index is -0.0777. The monoisotopic (exact) mass is 229 g/mol. The number of anilines is 1. The molecule has 1 aromatic rings. The molecule has 0 fully saturated rings. The number of ether oxygens (including phenoxy) is 2. The molecule has 0 saturated heterocycles. The van der Waals surface area contributed by atoms with E-state index in [9.17, 15) is 0 Å². The Morgan fingerprint density at radius 3 is 2.60 bits per heavy atom. The normalized spacial score (nSPS) is 10.9. The van der Waals surface area contributed by atoms with Crippen molar-refractivity contribution in [3.05, 3.63) is 16.8 Å². The third kappa shape index (κ3) is 5.16. The lowest BCUT2D eigenvalue weighted by molar-refractivity contribution is -0.137. The highest BCUT2D eigenvalue weighted by Gasteiger charge is 2.06. The van der Waals surface area contributed by atoms with Crippen LogP contribution in [0, 0.1) is 0 Å². The summed E-state index contributed by atoms with van der Waals surface area (Å²) < 4.78 is 10.9. The van der Waals surface area contributed by atoms with Crippen molar-refractivity contribution < 1.29 is 9.47 Å². The zero-order valence-electron chi connectivity index (χ0n) is 9.36. The maximum Gasteiger partial charge on any atom is 0.159 e. The van der Waals surface area contributed by atoms with Crippen molar-refractivity contribution in [2.75, 3.05) is 25.1 Å². The Kier molecular flexibility index (Phi) is 6.39. The molecule has 0 atom stereocenters. The molecule has 0 bridgehead atoms. The van der Waals surface area contributed by atoms with Gasteiger partial charge in [0.25, 0.3) is 0 Å². The molecule has 1 rings (SSSR count). The summed E-state index contributed by atoms with van der Waals surface area (Å²) in [7, 11) is 0. The van der Waals surface area contributed by atoms with Gasteiger partial charge in [0, 0.05) is 37.2 Å². The Bertz CT molecular complexity index is 233. The van der Waals surface area contributed by atoms with Gasteiger partial charge in [-0.2, -0.15) is 11.3 Å². The van der Waals surface area contributed by atoms with Gasteiger partial charge in [-0.25, -0.2) is 0 Å². The summed E-state index contributed by atoms with van der Waals surface area (Å²) in [5, 5.41) is 7.48. The molecule has 1 aromatic heterocycles. The van der Waals surface area contributed by atoms with E-state index in [2.05, 4.69) is 22.1 Å². The molecule has 3 nitrogen and oxygen atoms in total. The Hall–Kier alpha value is -0.580. The van der Waals surface area contributed by atoms with E-state index in [4.69, 9.17) is 9.47 Å². The summed E-state index contributed by atoms with van der Waals surface area (Å²) in [6.45, 7) is 6.24. The molecule has 0 unspecified atom stereocenters. The van der Waals surface area contributed by atoms with Crippen LogP contribution in [0.3, 0.4) is 0 Å². The van der Waals surface area contributed by atoms with Gasteiger partial charge in [-0.05, 0) is 25.3 Å². The minimum absolute atomic E-state index is 0.0777. The molecule has 0 amide bonds. The van der Waals surface area contributed by atoms with E-state index in [1.165, 1.54) is 5.69 Å². The first-order chi connectivity index (χ1) is 7.36. The predicted octanol–water partition coefficient (Wildman–Crippen LogP) is 2.95. The average molecular weight is 229 g/mol. The van der Waals surface area contributed by atoms with Crippen LogP contribution in [0.15, 0.2) is 16.8 Å². The van der Waals surface area contributed by atoms with E-state index in [1.54, 1.807) is 11.3 Å². The van der Waals surface area contributed by atoms with Crippen LogP contribution in [-0.4, -0.2) is 26.0 Å². The molecule has 1 N–H and O–H groups in total. The van der Waals surface area contributed by atoms with Crippen LogP contribution in [0.5, 0.6) is 0 Å². The van der Waals surface area contributed by atoms with Crippen molar-refractivity contribution in [3.63, 3.8) is 0 Å². The first kappa shape index (κ1) is 12.5. The second-order valence-electron chi connectivity index (χ2n) is 3.07. The summed E-state index contributed by atoms with van der Waals surface area (Å²) in [5.74, 6) is 0. The quantitative estimate of drug-likeness (QED) is 0.695. The van der Waals surface area contributed by atoms with Crippen molar-refractivity contribution in [2.24, 2.45) is 0 Å². The third-order valence-corrected chi connectivity index (χ3v) is 2.62. The standard InChI is InChI=1S/C11H19NO2S/c1-3-13-11(14-4-2)5-7-12-10-6-8-15-9-10/h6,8-9,11-12H,3-5,7H2,1-2H3. The minimum Gasteiger partial charge on any atom is -0.384 e. The van der Waals surface area contributed by atoms with Crippen molar-refractivity contribution in [2.45, 2.75) is 26.6 Å². The Morgan fingerprint density at radius 2 is 2.07 bits per heavy atom. The van der Waals surface area contributed by atoms with E-state index >= 15 is 0 Å². The summed E-state index contributed by atoms with van der Waals surface area (Å²) in [4.78, 5) is 0. The Balaban J connectivity index is 2.15. The average Bonchev–Trinajstić information content (AvgIpc) is 2.71. The number of thiophene rings is 1. The van der Waals surface area contributed by atoms with Crippen LogP contribution in [0.4, 0.5) is 5.69 Å². The fourth-order valence-electron chi connectivity index (χ4n) is 1.29. The smallest absolute Gasteiger partial charge is 0.159 e. The molecule has 4 heteroatoms. The lowest BCUT2D eigenvalue weighted by Gasteiger charge is -2.16. The van der Waals surface area contributed by atoms with Crippen molar-refractivity contribution >= 4 is 17.0 Å². The van der Waals surface area contributed by atoms with E-state index in [-0.39, 0.29) is 6.29 Å². The predicted molar refractivity (Wildman–Crippen MR) is 64.5 cm³/mol. The zero-order chi connectivity index (χ0) is 10.9. The second-order valence-corrected chi connectivity index (χ2v) is 3.85. The van der Waals surface area contributed by atoms with Gasteiger partial charge >= 0.3 is 0 Å². The fourth-order valence-corrected chi connectivity index (χ4v) is 1.90. The second kappa shape index (κ2) is 7.68. The first-order valence-corrected chi connectivity index (χ1v) is 6.30. The highest BCUT2D eigenvalue weighted by molar-refractivity contribution is 7.08. The highest BCUT2D eigenvalue weighted by atomic mass is 32.1. The van der Waals surface area contributed by atoms with Gasteiger partial charge in [0.1, 0.15) is 0 Å². The maximum absolute atomic E-state index is 5.44. The number of rotatable bonds is 8. The van der Waals surface area contributed by atoms with Crippen LogP contribution < -0.4 is 5.32 Å². The molecular formula is C11H19NO2S. The van der Waals surface area contributed by atoms with Crippen molar-refractivity contribution in [3.8, 4) is 0 Å². The Morgan fingerprint density at radius 1 is 1.33 bits per heavy atom. The van der Waals surface area contributed by atoms with Crippen molar-refractivity contribution in [1.29, 1.82) is 0 Å². The molecule has 0 aliphatic carbocycles. The molecule has 0 radical (unpaired) electrons. The number of hydrogen-bond donors (Lipinski definition) is 1. The lowest BCUT2D eigenvalue weighted by atomic mass is 10.4.